The van der Waals surface area contributed by atoms with Crippen LogP contribution in [0.5, 0.6) is 0 Å². The summed E-state index contributed by atoms with van der Waals surface area (Å²) < 4.78 is 9.07. The Morgan fingerprint density at radius 3 is 2.55 bits per heavy atom. The van der Waals surface area contributed by atoms with Crippen molar-refractivity contribution in [3.8, 4) is 0 Å². The van der Waals surface area contributed by atoms with Crippen molar-refractivity contribution >= 4 is 85.0 Å². The minimum atomic E-state index is 0.443. The highest BCUT2D eigenvalue weighted by atomic mass is 79.9. The van der Waals surface area contributed by atoms with Crippen LogP contribution in [0, 0.1) is 0 Å². The van der Waals surface area contributed by atoms with Crippen molar-refractivity contribution in [2.24, 2.45) is 8.73 Å². The van der Waals surface area contributed by atoms with Gasteiger partial charge >= 0.3 is 0 Å². The van der Waals surface area contributed by atoms with Crippen LogP contribution in [0.1, 0.15) is 0 Å². The smallest absolute Gasteiger partial charge is 0.144 e. The minimum absolute atomic E-state index is 0.443. The number of benzene rings is 1. The Labute approximate surface area is 141 Å². The molecule has 0 unspecified atom stereocenters. The van der Waals surface area contributed by atoms with Gasteiger partial charge in [0.15, 0.2) is 0 Å². The maximum atomic E-state index is 6.22. The molecule has 102 valence electrons. The first-order chi connectivity index (χ1) is 9.56. The van der Waals surface area contributed by atoms with Gasteiger partial charge in [0.25, 0.3) is 0 Å². The monoisotopic (exact) mass is 408 g/mol. The summed E-state index contributed by atoms with van der Waals surface area (Å²) in [5.41, 5.74) is 1.82. The highest BCUT2D eigenvalue weighted by Gasteiger charge is 2.19. The molecule has 1 N–H and O–H groups in total. The number of hydrogen-bond acceptors (Lipinski definition) is 4. The molecule has 0 bridgehead atoms. The van der Waals surface area contributed by atoms with Crippen molar-refractivity contribution < 1.29 is 0 Å². The standard InChI is InChI=1S/C11H4BrCl3N4S/c12-5-1-4(13)3-16-11(5)17-8-6(14)2-7(15)9-10(8)19-20-18-9/h1-3H,(H,16,17). The highest BCUT2D eigenvalue weighted by molar-refractivity contribution is 9.10. The van der Waals surface area contributed by atoms with E-state index in [-0.39, 0.29) is 0 Å². The topological polar surface area (TPSA) is 49.6 Å². The molecule has 0 atom stereocenters. The lowest BCUT2D eigenvalue weighted by Gasteiger charge is -2.12. The van der Waals surface area contributed by atoms with Crippen molar-refractivity contribution in [3.63, 3.8) is 0 Å². The predicted molar refractivity (Wildman–Crippen MR) is 88.2 cm³/mol. The molecule has 0 saturated heterocycles. The maximum Gasteiger partial charge on any atom is 0.144 e. The maximum absolute atomic E-state index is 6.22. The molecule has 4 nitrogen and oxygen atoms in total. The van der Waals surface area contributed by atoms with Gasteiger partial charge in [-0.3, -0.25) is 0 Å². The third-order valence-corrected chi connectivity index (χ3v) is 4.42. The van der Waals surface area contributed by atoms with Crippen molar-refractivity contribution in [1.29, 1.82) is 0 Å². The van der Waals surface area contributed by atoms with E-state index in [1.54, 1.807) is 12.1 Å². The van der Waals surface area contributed by atoms with Crippen molar-refractivity contribution in [1.82, 2.24) is 4.98 Å². The molecule has 2 heterocycles. The van der Waals surface area contributed by atoms with E-state index < -0.39 is 0 Å². The zero-order valence-corrected chi connectivity index (χ0v) is 14.2. The van der Waals surface area contributed by atoms with Crippen molar-refractivity contribution in [2.45, 2.75) is 0 Å². The van der Waals surface area contributed by atoms with E-state index in [1.807, 2.05) is 0 Å². The third kappa shape index (κ3) is 2.58. The number of halogens is 4. The molecule has 0 aliphatic carbocycles. The molecule has 1 aliphatic rings. The molecule has 9 heteroatoms. The number of nitrogens with one attached hydrogen (secondary N) is 1. The lowest BCUT2D eigenvalue weighted by Crippen LogP contribution is -1.96. The lowest BCUT2D eigenvalue weighted by atomic mass is 10.2. The average molecular weight is 411 g/mol. The molecule has 0 saturated carbocycles. The van der Waals surface area contributed by atoms with Crippen LogP contribution in [0.15, 0.2) is 31.5 Å². The largest absolute Gasteiger partial charge is 0.336 e. The van der Waals surface area contributed by atoms with E-state index in [9.17, 15) is 0 Å². The molecule has 0 amide bonds. The van der Waals surface area contributed by atoms with Crippen LogP contribution in [0.2, 0.25) is 15.1 Å². The van der Waals surface area contributed by atoms with Crippen LogP contribution in [0.4, 0.5) is 22.9 Å². The summed E-state index contributed by atoms with van der Waals surface area (Å²) in [6, 6.07) is 3.36. The van der Waals surface area contributed by atoms with E-state index in [1.165, 1.54) is 6.20 Å². The van der Waals surface area contributed by atoms with Gasteiger partial charge in [-0.05, 0) is 28.1 Å². The van der Waals surface area contributed by atoms with Gasteiger partial charge in [0, 0.05) is 6.20 Å². The second kappa shape index (κ2) is 5.61. The first-order valence-corrected chi connectivity index (χ1v) is 7.90. The van der Waals surface area contributed by atoms with Crippen LogP contribution >= 0.6 is 50.7 Å². The molecule has 3 rings (SSSR count). The Morgan fingerprint density at radius 2 is 1.80 bits per heavy atom. The van der Waals surface area contributed by atoms with E-state index in [0.29, 0.717) is 42.4 Å². The van der Waals surface area contributed by atoms with Gasteiger partial charge in [-0.2, -0.15) is 8.73 Å². The zero-order chi connectivity index (χ0) is 14.3. The van der Waals surface area contributed by atoms with Crippen molar-refractivity contribution in [3.05, 3.63) is 37.9 Å². The SMILES string of the molecule is Clc1cnc(Nc2c(Cl)cc(Cl)c3c2N=S=N3)c(Br)c1. The van der Waals surface area contributed by atoms with Gasteiger partial charge in [0.05, 0.1) is 36.6 Å². The molecule has 0 spiro atoms. The van der Waals surface area contributed by atoms with Gasteiger partial charge < -0.3 is 5.32 Å². The molecule has 0 fully saturated rings. The molecule has 1 aromatic heterocycles. The second-order valence-corrected chi connectivity index (χ2v) is 6.42. The summed E-state index contributed by atoms with van der Waals surface area (Å²) in [6.07, 6.45) is 1.54. The van der Waals surface area contributed by atoms with E-state index in [2.05, 4.69) is 35.0 Å². The number of pyridine rings is 1. The quantitative estimate of drug-likeness (QED) is 0.541. The summed E-state index contributed by atoms with van der Waals surface area (Å²) in [6.45, 7) is 0. The van der Waals surface area contributed by atoms with Gasteiger partial charge in [-0.1, -0.05) is 34.8 Å². The van der Waals surface area contributed by atoms with Crippen LogP contribution < -0.4 is 5.32 Å². The Hall–Kier alpha value is -0.660. The van der Waals surface area contributed by atoms with Crippen molar-refractivity contribution in [2.75, 3.05) is 5.32 Å². The first-order valence-electron chi connectivity index (χ1n) is 5.24. The summed E-state index contributed by atoms with van der Waals surface area (Å²) >= 11 is 22.6. The molecular formula is C11H4BrCl3N4S. The molecule has 1 aromatic carbocycles. The molecule has 20 heavy (non-hydrogen) atoms. The molecule has 1 aliphatic heterocycles. The third-order valence-electron chi connectivity index (χ3n) is 2.50. The number of nitrogens with zero attached hydrogens (tertiary/aromatic N) is 3. The number of fused-ring (bicyclic) bond motifs is 1. The van der Waals surface area contributed by atoms with Crippen LogP contribution in [-0.2, 0) is 11.4 Å². The van der Waals surface area contributed by atoms with Gasteiger partial charge in [0.1, 0.15) is 17.2 Å². The average Bonchev–Trinajstić information content (AvgIpc) is 2.86. The number of aromatic nitrogens is 1. The number of hydrogen-bond donors (Lipinski definition) is 1. The predicted octanol–water partition coefficient (Wildman–Crippen LogP) is 6.27. The fraction of sp³-hybridized carbons (Fsp3) is 0. The first kappa shape index (κ1) is 14.3. The van der Waals surface area contributed by atoms with Gasteiger partial charge in [-0.25, -0.2) is 4.98 Å². The summed E-state index contributed by atoms with van der Waals surface area (Å²) in [5, 5.41) is 4.56. The number of anilines is 2. The molecule has 2 aromatic rings. The Morgan fingerprint density at radius 1 is 1.05 bits per heavy atom. The summed E-state index contributed by atoms with van der Waals surface area (Å²) in [7, 11) is 0. The zero-order valence-electron chi connectivity index (χ0n) is 9.49. The highest BCUT2D eigenvalue weighted by Crippen LogP contribution is 2.48. The number of rotatable bonds is 2. The molecule has 0 radical (unpaired) electrons. The van der Waals surface area contributed by atoms with Crippen LogP contribution in [0.3, 0.4) is 0 Å². The Balaban J connectivity index is 2.08. The summed E-state index contributed by atoms with van der Waals surface area (Å²) in [5.74, 6) is 0.577. The second-order valence-electron chi connectivity index (χ2n) is 3.79. The molecular weight excluding hydrogens is 406 g/mol. The fourth-order valence-corrected chi connectivity index (χ4v) is 3.52. The van der Waals surface area contributed by atoms with E-state index in [0.717, 1.165) is 11.4 Å². The normalized spacial score (nSPS) is 12.2. The van der Waals surface area contributed by atoms with E-state index >= 15 is 0 Å². The summed E-state index contributed by atoms with van der Waals surface area (Å²) in [4.78, 5) is 4.20. The fourth-order valence-electron chi connectivity index (χ4n) is 1.62. The van der Waals surface area contributed by atoms with Crippen LogP contribution in [0.25, 0.3) is 0 Å². The lowest BCUT2D eigenvalue weighted by molar-refractivity contribution is 1.29. The Kier molecular flexibility index (Phi) is 4.01. The van der Waals surface area contributed by atoms with E-state index in [4.69, 9.17) is 34.8 Å². The minimum Gasteiger partial charge on any atom is -0.336 e. The van der Waals surface area contributed by atoms with Crippen LogP contribution in [-0.4, -0.2) is 4.98 Å². The Bertz CT molecular complexity index is 790. The van der Waals surface area contributed by atoms with Gasteiger partial charge in [-0.15, -0.1) is 0 Å². The van der Waals surface area contributed by atoms with Gasteiger partial charge in [0.2, 0.25) is 0 Å².